The molecule has 0 radical (unpaired) electrons. The molecule has 59 heavy (non-hydrogen) atoms. The van der Waals surface area contributed by atoms with Gasteiger partial charge in [-0.15, -0.1) is 0 Å². The lowest BCUT2D eigenvalue weighted by molar-refractivity contribution is -0.601. The Morgan fingerprint density at radius 2 is 1.29 bits per heavy atom. The molecule has 308 valence electrons. The minimum absolute atomic E-state index is 0.0515. The Kier molecular flexibility index (Phi) is 10.4. The fourth-order valence-electron chi connectivity index (χ4n) is 8.58. The van der Waals surface area contributed by atoms with E-state index in [0.29, 0.717) is 59.1 Å². The molecule has 2 fully saturated rings. The molecule has 0 spiro atoms. The number of methoxy groups -OCH3 is 1. The van der Waals surface area contributed by atoms with Gasteiger partial charge in [0.25, 0.3) is 11.8 Å². The highest BCUT2D eigenvalue weighted by molar-refractivity contribution is 5.85. The summed E-state index contributed by atoms with van der Waals surface area (Å²) in [6, 6.07) is 16.8. The van der Waals surface area contributed by atoms with Gasteiger partial charge >= 0.3 is 12.2 Å². The van der Waals surface area contributed by atoms with Crippen molar-refractivity contribution in [1.29, 1.82) is 0 Å². The molecule has 1 aliphatic carbocycles. The van der Waals surface area contributed by atoms with Crippen LogP contribution in [0.1, 0.15) is 95.2 Å². The monoisotopic (exact) mass is 806 g/mol. The van der Waals surface area contributed by atoms with Gasteiger partial charge in [0.05, 0.1) is 43.0 Å². The van der Waals surface area contributed by atoms with E-state index in [1.807, 2.05) is 71.0 Å². The van der Waals surface area contributed by atoms with Gasteiger partial charge in [-0.25, -0.2) is 20.1 Å². The summed E-state index contributed by atoms with van der Waals surface area (Å²) in [4.78, 5) is 57.9. The number of carbonyl (C=O) groups is 3. The molecule has 2 aromatic heterocycles. The zero-order valence-electron chi connectivity index (χ0n) is 34.1. The van der Waals surface area contributed by atoms with Gasteiger partial charge in [0, 0.05) is 35.7 Å². The van der Waals surface area contributed by atoms with Crippen LogP contribution in [0, 0.1) is 5.92 Å². The molecule has 3 atom stereocenters. The number of ether oxygens (including phenoxy) is 2. The first-order valence-electron chi connectivity index (χ1n) is 20.2. The summed E-state index contributed by atoms with van der Waals surface area (Å²) in [5, 5.41) is 1.33. The number of aromatic amines is 2. The molecule has 2 aliphatic heterocycles. The van der Waals surface area contributed by atoms with Crippen LogP contribution in [0.25, 0.3) is 44.8 Å². The van der Waals surface area contributed by atoms with Crippen molar-refractivity contribution in [3.05, 3.63) is 95.8 Å². The molecular formula is C45H50F2N7O5+. The van der Waals surface area contributed by atoms with E-state index in [1.54, 1.807) is 40.4 Å². The third-order valence-electron chi connectivity index (χ3n) is 11.6. The molecule has 0 saturated carbocycles. The van der Waals surface area contributed by atoms with E-state index in [2.05, 4.69) is 19.9 Å². The molecule has 12 nitrogen and oxygen atoms in total. The minimum atomic E-state index is -3.24. The third-order valence-corrected chi connectivity index (χ3v) is 11.6. The van der Waals surface area contributed by atoms with E-state index in [0.717, 1.165) is 36.1 Å². The summed E-state index contributed by atoms with van der Waals surface area (Å²) in [7, 11) is 1.29. The average molecular weight is 807 g/mol. The second kappa shape index (κ2) is 15.4. The topological polar surface area (TPSA) is 150 Å². The Hall–Kier alpha value is -5.89. The number of hydrogen-bond donors (Lipinski definition) is 3. The Bertz CT molecular complexity index is 2400. The number of nitrogens with one attached hydrogen (secondary N) is 2. The van der Waals surface area contributed by atoms with Crippen molar-refractivity contribution in [2.75, 3.05) is 20.2 Å². The first-order chi connectivity index (χ1) is 28.1. The number of imidazole rings is 2. The number of carbonyl (C=O) groups excluding carboxylic acids is 3. The number of nitrogens with zero attached hydrogens (tertiary/aromatic N) is 4. The number of halogens is 2. The van der Waals surface area contributed by atoms with Crippen LogP contribution in [0.3, 0.4) is 0 Å². The Morgan fingerprint density at radius 1 is 0.780 bits per heavy atom. The van der Waals surface area contributed by atoms with E-state index < -0.39 is 23.7 Å². The molecule has 2 saturated heterocycles. The molecule has 5 aromatic rings. The molecule has 8 rings (SSSR count). The maximum absolute atomic E-state index is 16.4. The second-order valence-corrected chi connectivity index (χ2v) is 17.0. The van der Waals surface area contributed by atoms with Crippen molar-refractivity contribution >= 4 is 18.1 Å². The first-order valence-corrected chi connectivity index (χ1v) is 20.2. The summed E-state index contributed by atoms with van der Waals surface area (Å²) < 4.78 is 43.2. The van der Waals surface area contributed by atoms with Gasteiger partial charge in [-0.2, -0.15) is 13.6 Å². The highest BCUT2D eigenvalue weighted by Crippen LogP contribution is 2.53. The quantitative estimate of drug-likeness (QED) is 0.143. The van der Waals surface area contributed by atoms with Crippen LogP contribution < -0.4 is 5.32 Å². The summed E-state index contributed by atoms with van der Waals surface area (Å²) in [5.41, 5.74) is 4.52. The number of nitrogens with two attached hydrogens (primary N) is 1. The SMILES string of the molecule is COC(=O)[NH2+]C(C(=O)N1CCC[C@H]1c1ncc(-c2ccc3c(c2)C(F)(F)c2cc(-c4ccc(-c5cnc([C@@H]6CCCN6C(=O)OC(C)(C)C)[nH]5)cc4)ccc2-3)[nH]1)C(C)C. The number of fused-ring (bicyclic) bond motifs is 3. The smallest absolute Gasteiger partial charge is 0.444 e. The van der Waals surface area contributed by atoms with Crippen LogP contribution >= 0.6 is 0 Å². The van der Waals surface area contributed by atoms with Crippen LogP contribution in [0.15, 0.2) is 73.1 Å². The Balaban J connectivity index is 0.980. The molecule has 4 N–H and O–H groups in total. The molecule has 3 amide bonds. The zero-order valence-corrected chi connectivity index (χ0v) is 34.1. The fraction of sp³-hybridized carbons (Fsp3) is 0.400. The van der Waals surface area contributed by atoms with E-state index in [1.165, 1.54) is 18.5 Å². The maximum Gasteiger partial charge on any atom is 0.513 e. The number of benzene rings is 3. The van der Waals surface area contributed by atoms with E-state index in [-0.39, 0.29) is 41.1 Å². The third kappa shape index (κ3) is 7.61. The maximum atomic E-state index is 16.4. The van der Waals surface area contributed by atoms with Crippen molar-refractivity contribution < 1.29 is 38.0 Å². The summed E-state index contributed by atoms with van der Waals surface area (Å²) in [5.74, 6) is -2.26. The molecule has 3 aliphatic rings. The van der Waals surface area contributed by atoms with E-state index >= 15 is 8.78 Å². The number of quaternary nitrogens is 1. The lowest BCUT2D eigenvalue weighted by atomic mass is 9.97. The standard InChI is InChI=1S/C45H49F2N7O5/c1-25(2)38(52-42(56)58-6)41(55)53-19-7-9-36(53)39-49-24-35(51-39)29-16-18-31-30-17-15-28(21-32(30)45(46,47)33(31)22-29)26-11-13-27(14-12-26)34-23-48-40(50-34)37-10-8-20-54(37)43(57)59-44(3,4)5/h11-18,21-25,36-38H,7-10,19-20H2,1-6H3,(H,48,50)(H,49,51)(H,52,56)/p+1/t36-,37-,38?/m0/s1. The number of aromatic nitrogens is 4. The van der Waals surface area contributed by atoms with Crippen LogP contribution in [0.2, 0.25) is 0 Å². The molecule has 3 aromatic carbocycles. The first kappa shape index (κ1) is 39.9. The highest BCUT2D eigenvalue weighted by atomic mass is 19.3. The normalized spacial score (nSPS) is 18.9. The number of H-pyrrole nitrogens is 2. The van der Waals surface area contributed by atoms with E-state index in [9.17, 15) is 14.4 Å². The number of alkyl halides is 2. The van der Waals surface area contributed by atoms with Crippen LogP contribution in [0.5, 0.6) is 0 Å². The van der Waals surface area contributed by atoms with Gasteiger partial charge in [-0.05, 0) is 86.4 Å². The van der Waals surface area contributed by atoms with Crippen molar-refractivity contribution in [2.45, 2.75) is 90.0 Å². The van der Waals surface area contributed by atoms with Crippen molar-refractivity contribution in [1.82, 2.24) is 29.7 Å². The summed E-state index contributed by atoms with van der Waals surface area (Å²) in [6.45, 7) is 10.5. The molecule has 0 bridgehead atoms. The second-order valence-electron chi connectivity index (χ2n) is 17.0. The number of primary amides is 1. The predicted molar refractivity (Wildman–Crippen MR) is 217 cm³/mol. The average Bonchev–Trinajstić information content (AvgIpc) is 4.06. The highest BCUT2D eigenvalue weighted by Gasteiger charge is 2.45. The number of amides is 3. The number of likely N-dealkylation sites (tertiary alicyclic amines) is 2. The van der Waals surface area contributed by atoms with Crippen molar-refractivity contribution in [3.8, 4) is 44.8 Å². The van der Waals surface area contributed by atoms with Crippen LogP contribution in [-0.4, -0.2) is 79.7 Å². The molecule has 1 unspecified atom stereocenters. The van der Waals surface area contributed by atoms with Gasteiger partial charge in [0.2, 0.25) is 0 Å². The van der Waals surface area contributed by atoms with Crippen LogP contribution in [0.4, 0.5) is 18.4 Å². The largest absolute Gasteiger partial charge is 0.513 e. The molecule has 14 heteroatoms. The van der Waals surface area contributed by atoms with Crippen molar-refractivity contribution in [2.24, 2.45) is 5.92 Å². The van der Waals surface area contributed by atoms with Gasteiger partial charge < -0.3 is 24.3 Å². The lowest BCUT2D eigenvalue weighted by Gasteiger charge is -2.27. The minimum Gasteiger partial charge on any atom is -0.444 e. The zero-order chi connectivity index (χ0) is 41.8. The predicted octanol–water partition coefficient (Wildman–Crippen LogP) is 8.34. The van der Waals surface area contributed by atoms with Crippen LogP contribution in [-0.2, 0) is 20.2 Å². The van der Waals surface area contributed by atoms with Gasteiger partial charge in [0.1, 0.15) is 17.2 Å². The Morgan fingerprint density at radius 3 is 1.86 bits per heavy atom. The number of rotatable bonds is 8. The van der Waals surface area contributed by atoms with Crippen molar-refractivity contribution in [3.63, 3.8) is 0 Å². The molecule has 4 heterocycles. The summed E-state index contributed by atoms with van der Waals surface area (Å²) >= 11 is 0. The van der Waals surface area contributed by atoms with Gasteiger partial charge in [-0.1, -0.05) is 62.4 Å². The molecular weight excluding hydrogens is 757 g/mol. The fourth-order valence-corrected chi connectivity index (χ4v) is 8.58. The summed E-state index contributed by atoms with van der Waals surface area (Å²) in [6.07, 6.45) is 5.57. The Labute approximate surface area is 341 Å². The van der Waals surface area contributed by atoms with Gasteiger partial charge in [-0.3, -0.25) is 9.69 Å². The lowest BCUT2D eigenvalue weighted by Crippen LogP contribution is -2.96. The number of hydrogen-bond acceptors (Lipinski definition) is 7. The van der Waals surface area contributed by atoms with Gasteiger partial charge in [0.15, 0.2) is 6.04 Å². The van der Waals surface area contributed by atoms with E-state index in [4.69, 9.17) is 9.47 Å².